The van der Waals surface area contributed by atoms with Gasteiger partial charge in [-0.15, -0.1) is 0 Å². The van der Waals surface area contributed by atoms with Crippen molar-refractivity contribution in [1.82, 2.24) is 10.3 Å². The smallest absolute Gasteiger partial charge is 0.287 e. The molecule has 2 heterocycles. The Labute approximate surface area is 153 Å². The number of hydrogen-bond donors (Lipinski definition) is 2. The third-order valence-electron chi connectivity index (χ3n) is 4.53. The highest BCUT2D eigenvalue weighted by atomic mass is 35.5. The molecule has 6 heteroatoms. The van der Waals surface area contributed by atoms with Gasteiger partial charge in [-0.05, 0) is 43.2 Å². The number of benzene rings is 2. The molecule has 4 rings (SSSR count). The molecule has 2 N–H and O–H groups in total. The van der Waals surface area contributed by atoms with Crippen molar-refractivity contribution >= 4 is 39.4 Å². The molecule has 0 saturated heterocycles. The fourth-order valence-electron chi connectivity index (χ4n) is 3.17. The van der Waals surface area contributed by atoms with Crippen LogP contribution in [0.4, 0.5) is 4.39 Å². The van der Waals surface area contributed by atoms with Crippen molar-refractivity contribution in [1.29, 1.82) is 0 Å². The van der Waals surface area contributed by atoms with Gasteiger partial charge in [0.2, 0.25) is 0 Å². The van der Waals surface area contributed by atoms with E-state index in [1.807, 2.05) is 25.3 Å². The predicted molar refractivity (Wildman–Crippen MR) is 100 cm³/mol. The quantitative estimate of drug-likeness (QED) is 0.531. The van der Waals surface area contributed by atoms with Gasteiger partial charge in [0.25, 0.3) is 5.91 Å². The molecule has 0 saturated carbocycles. The highest BCUT2D eigenvalue weighted by molar-refractivity contribution is 6.35. The largest absolute Gasteiger partial charge is 0.449 e. The van der Waals surface area contributed by atoms with Crippen LogP contribution in [0, 0.1) is 12.7 Å². The number of aromatic amines is 1. The lowest BCUT2D eigenvalue weighted by Gasteiger charge is -2.03. The van der Waals surface area contributed by atoms with Crippen LogP contribution in [-0.2, 0) is 6.42 Å². The van der Waals surface area contributed by atoms with E-state index in [0.717, 1.165) is 27.4 Å². The van der Waals surface area contributed by atoms with E-state index >= 15 is 0 Å². The number of carbonyl (C=O) groups excluding carboxylic acids is 1. The average Bonchev–Trinajstić information content (AvgIpc) is 3.17. The standard InChI is InChI=1S/C20H16ClFN2O2/c1-11-14-3-2-4-16(21)19(14)26-18(11)20(25)23-8-7-12-10-24-17-6-5-13(22)9-15(12)17/h2-6,9-10,24H,7-8H2,1H3,(H,23,25). The van der Waals surface area contributed by atoms with Gasteiger partial charge in [0, 0.05) is 34.6 Å². The van der Waals surface area contributed by atoms with Crippen LogP contribution < -0.4 is 5.32 Å². The Morgan fingerprint density at radius 2 is 2.12 bits per heavy atom. The Balaban J connectivity index is 1.50. The van der Waals surface area contributed by atoms with Crippen LogP contribution >= 0.6 is 11.6 Å². The molecular weight excluding hydrogens is 355 g/mol. The second kappa shape index (κ2) is 6.50. The highest BCUT2D eigenvalue weighted by Crippen LogP contribution is 2.30. The molecule has 4 aromatic rings. The van der Waals surface area contributed by atoms with Gasteiger partial charge in [-0.2, -0.15) is 0 Å². The van der Waals surface area contributed by atoms with Crippen molar-refractivity contribution in [3.63, 3.8) is 0 Å². The third-order valence-corrected chi connectivity index (χ3v) is 4.83. The minimum absolute atomic E-state index is 0.262. The second-order valence-electron chi connectivity index (χ2n) is 6.18. The maximum Gasteiger partial charge on any atom is 0.287 e. The predicted octanol–water partition coefficient (Wildman–Crippen LogP) is 4.99. The van der Waals surface area contributed by atoms with E-state index in [-0.39, 0.29) is 17.5 Å². The van der Waals surface area contributed by atoms with Crippen molar-refractivity contribution in [3.8, 4) is 0 Å². The maximum atomic E-state index is 13.4. The monoisotopic (exact) mass is 370 g/mol. The number of amides is 1. The van der Waals surface area contributed by atoms with Crippen molar-refractivity contribution in [3.05, 3.63) is 70.3 Å². The number of rotatable bonds is 4. The van der Waals surface area contributed by atoms with Crippen molar-refractivity contribution < 1.29 is 13.6 Å². The van der Waals surface area contributed by atoms with Crippen LogP contribution in [0.3, 0.4) is 0 Å². The number of aryl methyl sites for hydroxylation is 1. The van der Waals surface area contributed by atoms with Crippen molar-refractivity contribution in [2.24, 2.45) is 0 Å². The van der Waals surface area contributed by atoms with Crippen LogP contribution in [0.25, 0.3) is 21.9 Å². The summed E-state index contributed by atoms with van der Waals surface area (Å²) in [6, 6.07) is 10.0. The zero-order chi connectivity index (χ0) is 18.3. The molecule has 0 radical (unpaired) electrons. The number of carbonyl (C=O) groups is 1. The summed E-state index contributed by atoms with van der Waals surface area (Å²) in [6.07, 6.45) is 2.41. The Morgan fingerprint density at radius 1 is 1.27 bits per heavy atom. The number of nitrogens with one attached hydrogen (secondary N) is 2. The summed E-state index contributed by atoms with van der Waals surface area (Å²) < 4.78 is 19.1. The number of halogens is 2. The van der Waals surface area contributed by atoms with E-state index in [4.69, 9.17) is 16.0 Å². The van der Waals surface area contributed by atoms with Crippen LogP contribution in [-0.4, -0.2) is 17.4 Å². The molecule has 2 aromatic heterocycles. The first-order valence-electron chi connectivity index (χ1n) is 8.26. The number of hydrogen-bond acceptors (Lipinski definition) is 2. The van der Waals surface area contributed by atoms with Crippen molar-refractivity contribution in [2.45, 2.75) is 13.3 Å². The minimum Gasteiger partial charge on any atom is -0.449 e. The van der Waals surface area contributed by atoms with Crippen LogP contribution in [0.1, 0.15) is 21.7 Å². The van der Waals surface area contributed by atoms with Crippen LogP contribution in [0.15, 0.2) is 47.0 Å². The van der Waals surface area contributed by atoms with Gasteiger partial charge < -0.3 is 14.7 Å². The first-order chi connectivity index (χ1) is 12.5. The molecule has 0 aliphatic rings. The molecule has 1 amide bonds. The highest BCUT2D eigenvalue weighted by Gasteiger charge is 2.18. The van der Waals surface area contributed by atoms with E-state index in [0.29, 0.717) is 23.6 Å². The molecule has 26 heavy (non-hydrogen) atoms. The van der Waals surface area contributed by atoms with Gasteiger partial charge in [0.1, 0.15) is 5.82 Å². The van der Waals surface area contributed by atoms with Crippen LogP contribution in [0.5, 0.6) is 0 Å². The minimum atomic E-state index is -0.291. The van der Waals surface area contributed by atoms with Gasteiger partial charge >= 0.3 is 0 Å². The van der Waals surface area contributed by atoms with Gasteiger partial charge in [0.05, 0.1) is 5.02 Å². The SMILES string of the molecule is Cc1c(C(=O)NCCc2c[nH]c3ccc(F)cc23)oc2c(Cl)cccc12. The summed E-state index contributed by atoms with van der Waals surface area (Å²) in [5, 5.41) is 4.99. The zero-order valence-corrected chi connectivity index (χ0v) is 14.8. The fourth-order valence-corrected chi connectivity index (χ4v) is 3.39. The van der Waals surface area contributed by atoms with E-state index in [1.165, 1.54) is 12.1 Å². The molecule has 0 aliphatic carbocycles. The van der Waals surface area contributed by atoms with E-state index in [2.05, 4.69) is 10.3 Å². The maximum absolute atomic E-state index is 13.4. The Hall–Kier alpha value is -2.79. The molecule has 0 atom stereocenters. The summed E-state index contributed by atoms with van der Waals surface area (Å²) in [5.74, 6) is -0.309. The number of fused-ring (bicyclic) bond motifs is 2. The summed E-state index contributed by atoms with van der Waals surface area (Å²) >= 11 is 6.13. The van der Waals surface area contributed by atoms with Crippen LogP contribution in [0.2, 0.25) is 5.02 Å². The lowest BCUT2D eigenvalue weighted by molar-refractivity contribution is 0.0928. The van der Waals surface area contributed by atoms with Gasteiger partial charge in [0.15, 0.2) is 11.3 Å². The Morgan fingerprint density at radius 3 is 2.92 bits per heavy atom. The van der Waals surface area contributed by atoms with Gasteiger partial charge in [-0.25, -0.2) is 4.39 Å². The summed E-state index contributed by atoms with van der Waals surface area (Å²) in [6.45, 7) is 2.24. The average molecular weight is 371 g/mol. The molecule has 0 fully saturated rings. The fraction of sp³-hybridized carbons (Fsp3) is 0.150. The van der Waals surface area contributed by atoms with E-state index in [9.17, 15) is 9.18 Å². The van der Waals surface area contributed by atoms with Crippen molar-refractivity contribution in [2.75, 3.05) is 6.54 Å². The Bertz CT molecular complexity index is 1130. The molecule has 4 nitrogen and oxygen atoms in total. The molecule has 132 valence electrons. The number of H-pyrrole nitrogens is 1. The van der Waals surface area contributed by atoms with Gasteiger partial charge in [-0.3, -0.25) is 4.79 Å². The first kappa shape index (κ1) is 16.7. The molecular formula is C20H16ClFN2O2. The molecule has 0 aliphatic heterocycles. The van der Waals surface area contributed by atoms with E-state index < -0.39 is 0 Å². The topological polar surface area (TPSA) is 58.0 Å². The zero-order valence-electron chi connectivity index (χ0n) is 14.0. The normalized spacial score (nSPS) is 11.3. The summed E-state index contributed by atoms with van der Waals surface area (Å²) in [5.41, 5.74) is 3.10. The summed E-state index contributed by atoms with van der Waals surface area (Å²) in [7, 11) is 0. The first-order valence-corrected chi connectivity index (χ1v) is 8.63. The number of aromatic nitrogens is 1. The lowest BCUT2D eigenvalue weighted by atomic mass is 10.1. The summed E-state index contributed by atoms with van der Waals surface area (Å²) in [4.78, 5) is 15.6. The molecule has 0 bridgehead atoms. The number of para-hydroxylation sites is 1. The lowest BCUT2D eigenvalue weighted by Crippen LogP contribution is -2.25. The third kappa shape index (κ3) is 2.84. The number of furan rings is 1. The Kier molecular flexibility index (Phi) is 4.17. The molecule has 2 aromatic carbocycles. The van der Waals surface area contributed by atoms with Gasteiger partial charge in [-0.1, -0.05) is 23.7 Å². The molecule has 0 spiro atoms. The molecule has 0 unspecified atom stereocenters. The van der Waals surface area contributed by atoms with E-state index in [1.54, 1.807) is 12.1 Å². The second-order valence-corrected chi connectivity index (χ2v) is 6.59.